The number of benzene rings is 1. The molecular weight excluding hydrogens is 478 g/mol. The van der Waals surface area contributed by atoms with Crippen molar-refractivity contribution in [1.29, 1.82) is 0 Å². The molecular formula is C29H33N7O2. The van der Waals surface area contributed by atoms with Crippen LogP contribution >= 0.6 is 0 Å². The van der Waals surface area contributed by atoms with E-state index in [4.69, 9.17) is 15.6 Å². The van der Waals surface area contributed by atoms with Crippen LogP contribution in [-0.2, 0) is 11.3 Å². The first-order valence-corrected chi connectivity index (χ1v) is 12.9. The van der Waals surface area contributed by atoms with Crippen LogP contribution in [0.1, 0.15) is 48.8 Å². The zero-order valence-corrected chi connectivity index (χ0v) is 22.0. The first kappa shape index (κ1) is 25.4. The molecule has 0 unspecified atom stereocenters. The van der Waals surface area contributed by atoms with E-state index in [1.807, 2.05) is 43.4 Å². The van der Waals surface area contributed by atoms with Crippen LogP contribution in [0.2, 0.25) is 0 Å². The summed E-state index contributed by atoms with van der Waals surface area (Å²) >= 11 is 0. The first-order chi connectivity index (χ1) is 18.4. The van der Waals surface area contributed by atoms with Crippen LogP contribution in [0.25, 0.3) is 27.9 Å². The van der Waals surface area contributed by atoms with E-state index >= 15 is 0 Å². The molecule has 0 atom stereocenters. The second-order valence-corrected chi connectivity index (χ2v) is 9.74. The maximum Gasteiger partial charge on any atom is 0.269 e. The molecule has 0 aliphatic carbocycles. The smallest absolute Gasteiger partial charge is 0.269 e. The Morgan fingerprint density at radius 3 is 2.50 bits per heavy atom. The topological polar surface area (TPSA) is 104 Å². The number of fused-ring (bicyclic) bond motifs is 2. The number of anilines is 1. The van der Waals surface area contributed by atoms with Gasteiger partial charge in [0.05, 0.1) is 17.6 Å². The van der Waals surface area contributed by atoms with Gasteiger partial charge in [-0.25, -0.2) is 14.5 Å². The third-order valence-electron chi connectivity index (χ3n) is 6.62. The quantitative estimate of drug-likeness (QED) is 0.349. The zero-order chi connectivity index (χ0) is 26.6. The lowest BCUT2D eigenvalue weighted by Crippen LogP contribution is -2.19. The second-order valence-electron chi connectivity index (χ2n) is 9.74. The number of primary amides is 1. The summed E-state index contributed by atoms with van der Waals surface area (Å²) < 4.78 is 8.62. The van der Waals surface area contributed by atoms with Gasteiger partial charge in [0, 0.05) is 56.2 Å². The summed E-state index contributed by atoms with van der Waals surface area (Å²) in [6, 6.07) is 16.4. The van der Waals surface area contributed by atoms with Gasteiger partial charge >= 0.3 is 0 Å². The van der Waals surface area contributed by atoms with Gasteiger partial charge in [0.15, 0.2) is 5.65 Å². The molecule has 6 rings (SSSR count). The number of aromatic nitrogens is 5. The number of nitrogens with two attached hydrogens (primary N) is 1. The van der Waals surface area contributed by atoms with Crippen molar-refractivity contribution in [3.05, 3.63) is 78.4 Å². The first-order valence-electron chi connectivity index (χ1n) is 12.9. The Balaban J connectivity index is 0.000000529. The van der Waals surface area contributed by atoms with Gasteiger partial charge in [-0.2, -0.15) is 5.10 Å². The molecule has 0 spiro atoms. The van der Waals surface area contributed by atoms with Crippen molar-refractivity contribution < 1.29 is 9.53 Å². The fraction of sp³-hybridized carbons (Fsp3) is 0.310. The summed E-state index contributed by atoms with van der Waals surface area (Å²) in [6.45, 7) is 6.91. The minimum absolute atomic E-state index is 0.231. The molecule has 0 saturated carbocycles. The van der Waals surface area contributed by atoms with Crippen molar-refractivity contribution in [2.45, 2.75) is 39.3 Å². The summed E-state index contributed by atoms with van der Waals surface area (Å²) in [5, 5.41) is 5.78. The molecule has 0 bridgehead atoms. The number of pyridine rings is 1. The van der Waals surface area contributed by atoms with E-state index in [9.17, 15) is 4.79 Å². The largest absolute Gasteiger partial charge is 0.381 e. The highest BCUT2D eigenvalue weighted by atomic mass is 16.5. The Morgan fingerprint density at radius 2 is 1.84 bits per heavy atom. The third kappa shape index (κ3) is 5.10. The molecule has 1 aliphatic rings. The fourth-order valence-electron chi connectivity index (χ4n) is 4.67. The molecule has 9 nitrogen and oxygen atoms in total. The highest BCUT2D eigenvalue weighted by molar-refractivity contribution is 5.95. The number of hydrogen-bond donors (Lipinski definition) is 1. The lowest BCUT2D eigenvalue weighted by atomic mass is 10.1. The van der Waals surface area contributed by atoms with Crippen molar-refractivity contribution in [2.75, 3.05) is 25.2 Å². The van der Waals surface area contributed by atoms with Gasteiger partial charge in [-0.15, -0.1) is 0 Å². The van der Waals surface area contributed by atoms with Crippen LogP contribution in [0.15, 0.2) is 67.1 Å². The number of carbonyl (C=O) groups is 1. The average Bonchev–Trinajstić information content (AvgIpc) is 3.69. The number of imidazole rings is 1. The minimum Gasteiger partial charge on any atom is -0.381 e. The van der Waals surface area contributed by atoms with E-state index in [0.717, 1.165) is 41.2 Å². The van der Waals surface area contributed by atoms with Crippen molar-refractivity contribution in [1.82, 2.24) is 24.1 Å². The number of amides is 1. The second kappa shape index (κ2) is 11.0. The normalized spacial score (nSPS) is 13.2. The van der Waals surface area contributed by atoms with E-state index in [1.165, 1.54) is 24.6 Å². The highest BCUT2D eigenvalue weighted by Crippen LogP contribution is 2.33. The number of ether oxygens (including phenoxy) is 1. The average molecular weight is 512 g/mol. The predicted octanol–water partition coefficient (Wildman–Crippen LogP) is 4.86. The van der Waals surface area contributed by atoms with Crippen LogP contribution in [-0.4, -0.2) is 50.3 Å². The monoisotopic (exact) mass is 511 g/mol. The lowest BCUT2D eigenvalue weighted by molar-refractivity contribution is 0.0993. The minimum atomic E-state index is -0.574. The Morgan fingerprint density at radius 1 is 1.08 bits per heavy atom. The molecule has 5 aromatic rings. The van der Waals surface area contributed by atoms with E-state index < -0.39 is 5.91 Å². The molecule has 0 radical (unpaired) electrons. The Bertz CT molecular complexity index is 1540. The Labute approximate surface area is 221 Å². The van der Waals surface area contributed by atoms with Gasteiger partial charge in [-0.3, -0.25) is 4.79 Å². The van der Waals surface area contributed by atoms with Gasteiger partial charge < -0.3 is 19.9 Å². The SMILES string of the molecule is C1CCOC1.CC(C)n1cc(-c2cc(N(C)Cc3ccccc3)c3ncc(C(N)=O)n3n2)c2cccnc21. The molecule has 2 N–H and O–H groups in total. The molecule has 196 valence electrons. The van der Waals surface area contributed by atoms with Crippen LogP contribution in [0.3, 0.4) is 0 Å². The predicted molar refractivity (Wildman–Crippen MR) is 149 cm³/mol. The van der Waals surface area contributed by atoms with Gasteiger partial charge in [-0.1, -0.05) is 30.3 Å². The lowest BCUT2D eigenvalue weighted by Gasteiger charge is -2.21. The van der Waals surface area contributed by atoms with Crippen molar-refractivity contribution in [3.63, 3.8) is 0 Å². The molecule has 38 heavy (non-hydrogen) atoms. The molecule has 1 fully saturated rings. The molecule has 1 saturated heterocycles. The molecule has 1 amide bonds. The summed E-state index contributed by atoms with van der Waals surface area (Å²) in [7, 11) is 2.00. The maximum absolute atomic E-state index is 12.1. The molecule has 9 heteroatoms. The molecule has 1 aromatic carbocycles. The molecule has 4 aromatic heterocycles. The van der Waals surface area contributed by atoms with Crippen LogP contribution < -0.4 is 10.6 Å². The van der Waals surface area contributed by atoms with Crippen LogP contribution in [0.4, 0.5) is 5.69 Å². The summed E-state index contributed by atoms with van der Waals surface area (Å²) in [5.41, 5.74) is 11.0. The highest BCUT2D eigenvalue weighted by Gasteiger charge is 2.21. The van der Waals surface area contributed by atoms with E-state index in [2.05, 4.69) is 51.6 Å². The third-order valence-corrected chi connectivity index (χ3v) is 6.62. The molecule has 1 aliphatic heterocycles. The van der Waals surface area contributed by atoms with Crippen molar-refractivity contribution in [3.8, 4) is 11.3 Å². The number of nitrogens with zero attached hydrogens (tertiary/aromatic N) is 6. The van der Waals surface area contributed by atoms with Crippen molar-refractivity contribution >= 4 is 28.3 Å². The standard InChI is InChI=1S/C25H25N7O.C4H8O/c1-16(2)31-15-19(18-10-7-11-27-24(18)31)20-12-21(30(3)14-17-8-5-4-6-9-17)25-28-13-22(23(26)33)32(25)29-20;1-2-4-5-3-1/h4-13,15-16H,14H2,1-3H3,(H2,26,33);1-4H2. The van der Waals surface area contributed by atoms with Gasteiger partial charge in [0.25, 0.3) is 5.91 Å². The van der Waals surface area contributed by atoms with Crippen molar-refractivity contribution in [2.24, 2.45) is 5.73 Å². The Hall–Kier alpha value is -4.24. The number of carbonyl (C=O) groups excluding carboxylic acids is 1. The van der Waals surface area contributed by atoms with Crippen LogP contribution in [0, 0.1) is 0 Å². The van der Waals surface area contributed by atoms with Gasteiger partial charge in [0.2, 0.25) is 0 Å². The van der Waals surface area contributed by atoms with E-state index in [1.54, 1.807) is 10.7 Å². The Kier molecular flexibility index (Phi) is 7.37. The summed E-state index contributed by atoms with van der Waals surface area (Å²) in [4.78, 5) is 23.3. The van der Waals surface area contributed by atoms with Crippen LogP contribution in [0.5, 0.6) is 0 Å². The van der Waals surface area contributed by atoms with E-state index in [0.29, 0.717) is 12.2 Å². The zero-order valence-electron chi connectivity index (χ0n) is 22.0. The number of rotatable bonds is 6. The van der Waals surface area contributed by atoms with E-state index in [-0.39, 0.29) is 11.7 Å². The summed E-state index contributed by atoms with van der Waals surface area (Å²) in [5.74, 6) is -0.574. The fourth-order valence-corrected chi connectivity index (χ4v) is 4.67. The molecule has 5 heterocycles. The van der Waals surface area contributed by atoms with Gasteiger partial charge in [0.1, 0.15) is 11.3 Å². The van der Waals surface area contributed by atoms with Gasteiger partial charge in [-0.05, 0) is 50.5 Å². The summed E-state index contributed by atoms with van der Waals surface area (Å²) in [6.07, 6.45) is 7.90. The number of hydrogen-bond acceptors (Lipinski definition) is 6. The maximum atomic E-state index is 12.1.